The molecule has 2 N–H and O–H groups in total. The molecule has 1 aliphatic rings. The van der Waals surface area contributed by atoms with Crippen LogP contribution in [0.3, 0.4) is 0 Å². The van der Waals surface area contributed by atoms with Crippen LogP contribution in [0, 0.1) is 23.5 Å². The molecule has 2 nitrogen and oxygen atoms in total. The molecule has 0 spiro atoms. The second kappa shape index (κ2) is 6.25. The molecule has 1 aromatic carbocycles. The summed E-state index contributed by atoms with van der Waals surface area (Å²) in [4.78, 5) is 0. The smallest absolute Gasteiger partial charge is 0.131 e. The lowest BCUT2D eigenvalue weighted by Gasteiger charge is -2.17. The van der Waals surface area contributed by atoms with Gasteiger partial charge in [-0.05, 0) is 43.4 Å². The molecule has 2 atom stereocenters. The first-order valence-electron chi connectivity index (χ1n) is 6.43. The molecule has 0 aromatic heterocycles. The van der Waals surface area contributed by atoms with E-state index < -0.39 is 11.6 Å². The molecule has 1 aromatic rings. The van der Waals surface area contributed by atoms with Crippen molar-refractivity contribution in [3.8, 4) is 0 Å². The third-order valence-corrected chi connectivity index (χ3v) is 3.76. The Morgan fingerprint density at radius 2 is 1.83 bits per heavy atom. The second-order valence-corrected chi connectivity index (χ2v) is 4.90. The summed E-state index contributed by atoms with van der Waals surface area (Å²) in [6, 6.07) is 3.86. The molecular weight excluding hydrogens is 236 g/mol. The molecule has 2 unspecified atom stereocenters. The van der Waals surface area contributed by atoms with Gasteiger partial charge in [0.2, 0.25) is 0 Å². The van der Waals surface area contributed by atoms with Gasteiger partial charge in [-0.25, -0.2) is 8.78 Å². The molecular formula is C14H19F2NO. The molecule has 0 bridgehead atoms. The SMILES string of the molecule is NCC1CCCC1COCc1c(F)cccc1F. The van der Waals surface area contributed by atoms with E-state index in [4.69, 9.17) is 10.5 Å². The summed E-state index contributed by atoms with van der Waals surface area (Å²) in [7, 11) is 0. The van der Waals surface area contributed by atoms with Gasteiger partial charge in [-0.1, -0.05) is 12.5 Å². The van der Waals surface area contributed by atoms with E-state index in [-0.39, 0.29) is 12.2 Å². The van der Waals surface area contributed by atoms with E-state index in [1.807, 2.05) is 0 Å². The van der Waals surface area contributed by atoms with E-state index in [9.17, 15) is 8.78 Å². The van der Waals surface area contributed by atoms with Gasteiger partial charge in [0.05, 0.1) is 13.2 Å². The molecule has 1 saturated carbocycles. The Bertz CT molecular complexity index is 377. The minimum Gasteiger partial charge on any atom is -0.376 e. The fraction of sp³-hybridized carbons (Fsp3) is 0.571. The van der Waals surface area contributed by atoms with Gasteiger partial charge in [-0.2, -0.15) is 0 Å². The molecule has 0 amide bonds. The third kappa shape index (κ3) is 3.06. The maximum Gasteiger partial charge on any atom is 0.131 e. The number of halogens is 2. The molecule has 0 saturated heterocycles. The summed E-state index contributed by atoms with van der Waals surface area (Å²) in [6.07, 6.45) is 3.41. The van der Waals surface area contributed by atoms with E-state index in [1.54, 1.807) is 0 Å². The second-order valence-electron chi connectivity index (χ2n) is 4.90. The number of hydrogen-bond donors (Lipinski definition) is 1. The summed E-state index contributed by atoms with van der Waals surface area (Å²) in [5.74, 6) is -0.158. The van der Waals surface area contributed by atoms with Gasteiger partial charge in [0.25, 0.3) is 0 Å². The van der Waals surface area contributed by atoms with Crippen molar-refractivity contribution < 1.29 is 13.5 Å². The molecule has 1 aliphatic carbocycles. The largest absolute Gasteiger partial charge is 0.376 e. The summed E-state index contributed by atoms with van der Waals surface area (Å²) in [5, 5.41) is 0. The number of nitrogens with two attached hydrogens (primary N) is 1. The first-order valence-corrected chi connectivity index (χ1v) is 6.43. The van der Waals surface area contributed by atoms with Crippen LogP contribution in [-0.4, -0.2) is 13.2 Å². The molecule has 0 aliphatic heterocycles. The minimum absolute atomic E-state index is 0.00764. The van der Waals surface area contributed by atoms with Crippen LogP contribution in [0.25, 0.3) is 0 Å². The monoisotopic (exact) mass is 255 g/mol. The fourth-order valence-electron chi connectivity index (χ4n) is 2.63. The zero-order valence-electron chi connectivity index (χ0n) is 10.4. The van der Waals surface area contributed by atoms with E-state index >= 15 is 0 Å². The van der Waals surface area contributed by atoms with Gasteiger partial charge in [0, 0.05) is 5.56 Å². The van der Waals surface area contributed by atoms with Gasteiger partial charge < -0.3 is 10.5 Å². The van der Waals surface area contributed by atoms with Crippen LogP contribution >= 0.6 is 0 Å². The highest BCUT2D eigenvalue weighted by molar-refractivity contribution is 5.18. The zero-order chi connectivity index (χ0) is 13.0. The van der Waals surface area contributed by atoms with Crippen LogP contribution in [0.2, 0.25) is 0 Å². The van der Waals surface area contributed by atoms with E-state index in [1.165, 1.54) is 24.6 Å². The van der Waals surface area contributed by atoms with Crippen molar-refractivity contribution in [3.05, 3.63) is 35.4 Å². The quantitative estimate of drug-likeness (QED) is 0.878. The summed E-state index contributed by atoms with van der Waals surface area (Å²) < 4.78 is 32.2. The highest BCUT2D eigenvalue weighted by Crippen LogP contribution is 2.31. The van der Waals surface area contributed by atoms with Crippen LogP contribution in [0.15, 0.2) is 18.2 Å². The van der Waals surface area contributed by atoms with Gasteiger partial charge in [0.1, 0.15) is 11.6 Å². The van der Waals surface area contributed by atoms with E-state index in [0.29, 0.717) is 25.0 Å². The molecule has 18 heavy (non-hydrogen) atoms. The van der Waals surface area contributed by atoms with Crippen molar-refractivity contribution in [2.75, 3.05) is 13.2 Å². The van der Waals surface area contributed by atoms with E-state index in [2.05, 4.69) is 0 Å². The lowest BCUT2D eigenvalue weighted by atomic mass is 9.97. The van der Waals surface area contributed by atoms with Gasteiger partial charge in [0.15, 0.2) is 0 Å². The Kier molecular flexibility index (Phi) is 4.66. The topological polar surface area (TPSA) is 35.2 Å². The first-order chi connectivity index (χ1) is 8.72. The lowest BCUT2D eigenvalue weighted by Crippen LogP contribution is -2.22. The van der Waals surface area contributed by atoms with Crippen molar-refractivity contribution in [2.45, 2.75) is 25.9 Å². The average molecular weight is 255 g/mol. The number of benzene rings is 1. The van der Waals surface area contributed by atoms with Crippen molar-refractivity contribution in [1.29, 1.82) is 0 Å². The molecule has 2 rings (SSSR count). The highest BCUT2D eigenvalue weighted by atomic mass is 19.1. The van der Waals surface area contributed by atoms with Crippen LogP contribution < -0.4 is 5.73 Å². The van der Waals surface area contributed by atoms with Crippen LogP contribution in [0.5, 0.6) is 0 Å². The predicted molar refractivity (Wildman–Crippen MR) is 65.9 cm³/mol. The van der Waals surface area contributed by atoms with Gasteiger partial charge in [-0.3, -0.25) is 0 Å². The summed E-state index contributed by atoms with van der Waals surface area (Å²) in [6.45, 7) is 1.20. The van der Waals surface area contributed by atoms with Crippen molar-refractivity contribution >= 4 is 0 Å². The Hall–Kier alpha value is -1.00. The van der Waals surface area contributed by atoms with Gasteiger partial charge in [-0.15, -0.1) is 0 Å². The molecule has 1 fully saturated rings. The lowest BCUT2D eigenvalue weighted by molar-refractivity contribution is 0.0718. The summed E-state index contributed by atoms with van der Waals surface area (Å²) in [5.41, 5.74) is 5.69. The molecule has 0 radical (unpaired) electrons. The maximum atomic E-state index is 13.4. The fourth-order valence-corrected chi connectivity index (χ4v) is 2.63. The highest BCUT2D eigenvalue weighted by Gasteiger charge is 2.26. The summed E-state index contributed by atoms with van der Waals surface area (Å²) >= 11 is 0. The van der Waals surface area contributed by atoms with Gasteiger partial charge >= 0.3 is 0 Å². The standard InChI is InChI=1S/C14H19F2NO/c15-13-5-2-6-14(16)12(13)9-18-8-11-4-1-3-10(11)7-17/h2,5-6,10-11H,1,3-4,7-9,17H2. The van der Waals surface area contributed by atoms with Crippen molar-refractivity contribution in [1.82, 2.24) is 0 Å². The maximum absolute atomic E-state index is 13.4. The Labute approximate surface area is 106 Å². The Morgan fingerprint density at radius 3 is 2.50 bits per heavy atom. The minimum atomic E-state index is -0.545. The number of hydrogen-bond acceptors (Lipinski definition) is 2. The third-order valence-electron chi connectivity index (χ3n) is 3.76. The normalized spacial score (nSPS) is 23.5. The van der Waals surface area contributed by atoms with Crippen molar-refractivity contribution in [2.24, 2.45) is 17.6 Å². The van der Waals surface area contributed by atoms with Crippen molar-refractivity contribution in [3.63, 3.8) is 0 Å². The Morgan fingerprint density at radius 1 is 1.17 bits per heavy atom. The molecule has 100 valence electrons. The number of rotatable bonds is 5. The zero-order valence-corrected chi connectivity index (χ0v) is 10.4. The Balaban J connectivity index is 1.85. The molecule has 4 heteroatoms. The number of ether oxygens (including phenoxy) is 1. The predicted octanol–water partition coefficient (Wildman–Crippen LogP) is 2.86. The average Bonchev–Trinajstić information content (AvgIpc) is 2.80. The van der Waals surface area contributed by atoms with Crippen LogP contribution in [0.4, 0.5) is 8.78 Å². The van der Waals surface area contributed by atoms with Crippen LogP contribution in [-0.2, 0) is 11.3 Å². The van der Waals surface area contributed by atoms with Crippen LogP contribution in [0.1, 0.15) is 24.8 Å². The first kappa shape index (κ1) is 13.4. The van der Waals surface area contributed by atoms with E-state index in [0.717, 1.165) is 12.8 Å². The molecule has 0 heterocycles.